The summed E-state index contributed by atoms with van der Waals surface area (Å²) >= 11 is 6.14. The first kappa shape index (κ1) is 20.6. The Bertz CT molecular complexity index is 969. The first-order valence-electron chi connectivity index (χ1n) is 9.03. The fourth-order valence-corrected chi connectivity index (χ4v) is 4.86. The lowest BCUT2D eigenvalue weighted by molar-refractivity contribution is 0.0623. The molecule has 1 amide bonds. The number of benzene rings is 2. The van der Waals surface area contributed by atoms with Crippen LogP contribution in [-0.4, -0.2) is 32.3 Å². The molecule has 0 bridgehead atoms. The fourth-order valence-electron chi connectivity index (χ4n) is 3.57. The molecule has 2 aromatic rings. The van der Waals surface area contributed by atoms with E-state index in [-0.39, 0.29) is 21.5 Å². The molecule has 1 N–H and O–H groups in total. The lowest BCUT2D eigenvalue weighted by Gasteiger charge is -2.35. The zero-order valence-corrected chi connectivity index (χ0v) is 17.2. The molecule has 1 saturated heterocycles. The van der Waals surface area contributed by atoms with Crippen molar-refractivity contribution < 1.29 is 17.6 Å². The van der Waals surface area contributed by atoms with E-state index in [9.17, 15) is 17.6 Å². The maximum atomic E-state index is 13.1. The van der Waals surface area contributed by atoms with E-state index in [4.69, 9.17) is 11.6 Å². The number of piperidine rings is 1. The molecule has 28 heavy (non-hydrogen) atoms. The van der Waals surface area contributed by atoms with E-state index in [1.54, 1.807) is 11.0 Å². The second-order valence-electron chi connectivity index (χ2n) is 7.41. The Morgan fingerprint density at radius 3 is 2.32 bits per heavy atom. The van der Waals surface area contributed by atoms with Gasteiger partial charge >= 0.3 is 0 Å². The summed E-state index contributed by atoms with van der Waals surface area (Å²) in [6.45, 7) is 5.56. The first-order valence-corrected chi connectivity index (χ1v) is 10.9. The number of hydrogen-bond donors (Lipinski definition) is 1. The van der Waals surface area contributed by atoms with Gasteiger partial charge in [0.05, 0.1) is 15.6 Å². The van der Waals surface area contributed by atoms with E-state index in [0.717, 1.165) is 30.7 Å². The van der Waals surface area contributed by atoms with Gasteiger partial charge in [-0.1, -0.05) is 25.4 Å². The summed E-state index contributed by atoms with van der Waals surface area (Å²) in [6.07, 6.45) is 1.08. The third-order valence-corrected chi connectivity index (χ3v) is 6.45. The molecule has 2 atom stereocenters. The minimum absolute atomic E-state index is 0.0969. The number of sulfonamides is 1. The van der Waals surface area contributed by atoms with Crippen LogP contribution in [0.25, 0.3) is 0 Å². The van der Waals surface area contributed by atoms with E-state index in [1.165, 1.54) is 12.1 Å². The highest BCUT2D eigenvalue weighted by Crippen LogP contribution is 2.28. The summed E-state index contributed by atoms with van der Waals surface area (Å²) in [5.41, 5.74) is 0.470. The van der Waals surface area contributed by atoms with Crippen molar-refractivity contribution in [2.45, 2.75) is 25.2 Å². The Labute approximate surface area is 169 Å². The van der Waals surface area contributed by atoms with Crippen LogP contribution in [0.2, 0.25) is 5.02 Å². The van der Waals surface area contributed by atoms with Crippen molar-refractivity contribution in [3.8, 4) is 0 Å². The summed E-state index contributed by atoms with van der Waals surface area (Å²) < 4.78 is 40.5. The summed E-state index contributed by atoms with van der Waals surface area (Å²) in [5.74, 6) is 0.139. The normalized spacial score (nSPS) is 20.1. The molecular formula is C20H22ClFN2O3S. The number of hydrogen-bond acceptors (Lipinski definition) is 3. The van der Waals surface area contributed by atoms with Crippen LogP contribution in [0.5, 0.6) is 0 Å². The van der Waals surface area contributed by atoms with E-state index in [0.29, 0.717) is 30.5 Å². The lowest BCUT2D eigenvalue weighted by atomic mass is 9.91. The molecule has 150 valence electrons. The van der Waals surface area contributed by atoms with Crippen molar-refractivity contribution in [3.63, 3.8) is 0 Å². The largest absolute Gasteiger partial charge is 0.338 e. The molecule has 3 rings (SSSR count). The maximum absolute atomic E-state index is 13.1. The van der Waals surface area contributed by atoms with Gasteiger partial charge in [-0.25, -0.2) is 12.8 Å². The van der Waals surface area contributed by atoms with Crippen LogP contribution in [-0.2, 0) is 10.0 Å². The Morgan fingerprint density at radius 2 is 1.71 bits per heavy atom. The monoisotopic (exact) mass is 424 g/mol. The van der Waals surface area contributed by atoms with Gasteiger partial charge < -0.3 is 4.90 Å². The van der Waals surface area contributed by atoms with Gasteiger partial charge in [-0.15, -0.1) is 0 Å². The molecule has 0 unspecified atom stereocenters. The molecule has 0 spiro atoms. The predicted octanol–water partition coefficient (Wildman–Crippen LogP) is 4.40. The minimum Gasteiger partial charge on any atom is -0.338 e. The van der Waals surface area contributed by atoms with Crippen LogP contribution < -0.4 is 4.72 Å². The van der Waals surface area contributed by atoms with Crippen molar-refractivity contribution in [1.29, 1.82) is 0 Å². The van der Waals surface area contributed by atoms with Gasteiger partial charge in [-0.05, 0) is 60.7 Å². The van der Waals surface area contributed by atoms with Crippen molar-refractivity contribution in [2.75, 3.05) is 17.8 Å². The number of rotatable bonds is 4. The molecule has 0 radical (unpaired) electrons. The molecular weight excluding hydrogens is 403 g/mol. The lowest BCUT2D eigenvalue weighted by Crippen LogP contribution is -2.42. The molecule has 1 fully saturated rings. The molecule has 1 heterocycles. The zero-order valence-electron chi connectivity index (χ0n) is 15.7. The van der Waals surface area contributed by atoms with Crippen LogP contribution in [0, 0.1) is 17.7 Å². The van der Waals surface area contributed by atoms with Crippen LogP contribution >= 0.6 is 11.6 Å². The number of amides is 1. The molecule has 1 aliphatic rings. The second kappa shape index (κ2) is 8.09. The number of nitrogens with zero attached hydrogens (tertiary/aromatic N) is 1. The Morgan fingerprint density at radius 1 is 1.11 bits per heavy atom. The van der Waals surface area contributed by atoms with Crippen LogP contribution in [0.15, 0.2) is 47.4 Å². The molecule has 0 saturated carbocycles. The number of halogens is 2. The summed E-state index contributed by atoms with van der Waals surface area (Å²) in [5, 5.41) is 0.169. The zero-order chi connectivity index (χ0) is 20.5. The molecule has 2 aromatic carbocycles. The molecule has 8 heteroatoms. The first-order chi connectivity index (χ1) is 13.2. The number of carbonyl (C=O) groups excluding carboxylic acids is 1. The summed E-state index contributed by atoms with van der Waals surface area (Å²) in [6, 6.07) is 8.98. The van der Waals surface area contributed by atoms with Gasteiger partial charge in [-0.2, -0.15) is 0 Å². The van der Waals surface area contributed by atoms with E-state index >= 15 is 0 Å². The molecule has 5 nitrogen and oxygen atoms in total. The van der Waals surface area contributed by atoms with Gasteiger partial charge in [0.1, 0.15) is 5.82 Å². The van der Waals surface area contributed by atoms with Gasteiger partial charge in [0.15, 0.2) is 0 Å². The molecule has 1 aliphatic heterocycles. The summed E-state index contributed by atoms with van der Waals surface area (Å²) in [4.78, 5) is 14.6. The number of carbonyl (C=O) groups is 1. The fraction of sp³-hybridized carbons (Fsp3) is 0.350. The number of nitrogens with one attached hydrogen (secondary N) is 1. The Hall–Kier alpha value is -2.12. The van der Waals surface area contributed by atoms with Crippen molar-refractivity contribution in [1.82, 2.24) is 4.90 Å². The predicted molar refractivity (Wildman–Crippen MR) is 108 cm³/mol. The maximum Gasteiger partial charge on any atom is 0.261 e. The Balaban J connectivity index is 1.85. The smallest absolute Gasteiger partial charge is 0.261 e. The topological polar surface area (TPSA) is 66.5 Å². The van der Waals surface area contributed by atoms with Crippen LogP contribution in [0.1, 0.15) is 30.6 Å². The van der Waals surface area contributed by atoms with E-state index in [2.05, 4.69) is 18.6 Å². The minimum atomic E-state index is -3.96. The van der Waals surface area contributed by atoms with Crippen molar-refractivity contribution >= 4 is 33.2 Å². The van der Waals surface area contributed by atoms with E-state index in [1.807, 2.05) is 0 Å². The van der Waals surface area contributed by atoms with Crippen molar-refractivity contribution in [3.05, 3.63) is 58.9 Å². The van der Waals surface area contributed by atoms with Gasteiger partial charge in [0, 0.05) is 18.7 Å². The molecule has 0 aromatic heterocycles. The highest BCUT2D eigenvalue weighted by atomic mass is 35.5. The SMILES string of the molecule is C[C@@H]1C[C@H](C)CN(C(=O)c2ccc(Cl)c(NS(=O)(=O)c3ccc(F)cc3)c2)C1. The molecule has 0 aliphatic carbocycles. The van der Waals surface area contributed by atoms with Gasteiger partial charge in [0.25, 0.3) is 15.9 Å². The average Bonchev–Trinajstić information content (AvgIpc) is 2.62. The highest BCUT2D eigenvalue weighted by Gasteiger charge is 2.27. The number of likely N-dealkylation sites (tertiary alicyclic amines) is 1. The second-order valence-corrected chi connectivity index (χ2v) is 9.50. The van der Waals surface area contributed by atoms with E-state index < -0.39 is 15.8 Å². The highest BCUT2D eigenvalue weighted by molar-refractivity contribution is 7.92. The Kier molecular flexibility index (Phi) is 5.95. The van der Waals surface area contributed by atoms with Crippen LogP contribution in [0.4, 0.5) is 10.1 Å². The number of anilines is 1. The average molecular weight is 425 g/mol. The van der Waals surface area contributed by atoms with Gasteiger partial charge in [0.2, 0.25) is 0 Å². The van der Waals surface area contributed by atoms with Crippen LogP contribution in [0.3, 0.4) is 0 Å². The van der Waals surface area contributed by atoms with Crippen molar-refractivity contribution in [2.24, 2.45) is 11.8 Å². The standard InChI is InChI=1S/C20H22ClFN2O3S/c1-13-9-14(2)12-24(11-13)20(25)15-3-8-18(21)19(10-15)23-28(26,27)17-6-4-16(22)5-7-17/h3-8,10,13-14,23H,9,11-12H2,1-2H3/t13-,14+. The third kappa shape index (κ3) is 4.64. The summed E-state index contributed by atoms with van der Waals surface area (Å²) in [7, 11) is -3.96. The third-order valence-electron chi connectivity index (χ3n) is 4.74. The van der Waals surface area contributed by atoms with Gasteiger partial charge in [-0.3, -0.25) is 9.52 Å². The quantitative estimate of drug-likeness (QED) is 0.791.